The van der Waals surface area contributed by atoms with Crippen LogP contribution in [0.3, 0.4) is 0 Å². The first-order valence-corrected chi connectivity index (χ1v) is 6.44. The molecule has 0 aliphatic heterocycles. The summed E-state index contributed by atoms with van der Waals surface area (Å²) in [6, 6.07) is 9.87. The average Bonchev–Trinajstić information content (AvgIpc) is 2.40. The second kappa shape index (κ2) is 6.29. The lowest BCUT2D eigenvalue weighted by molar-refractivity contribution is 0.185. The van der Waals surface area contributed by atoms with Crippen LogP contribution in [0, 0.1) is 0 Å². The van der Waals surface area contributed by atoms with E-state index in [1.165, 1.54) is 0 Å². The van der Waals surface area contributed by atoms with E-state index in [0.717, 1.165) is 29.7 Å². The molecule has 0 atom stereocenters. The number of nitrogens with two attached hydrogens (primary N) is 1. The van der Waals surface area contributed by atoms with Crippen molar-refractivity contribution in [2.75, 3.05) is 12.8 Å². The molecule has 4 nitrogen and oxygen atoms in total. The largest absolute Gasteiger partial charge is 0.384 e. The Morgan fingerprint density at radius 2 is 1.89 bits per heavy atom. The van der Waals surface area contributed by atoms with Gasteiger partial charge >= 0.3 is 0 Å². The molecule has 0 radical (unpaired) electrons. The summed E-state index contributed by atoms with van der Waals surface area (Å²) in [5.74, 6) is 1.21. The summed E-state index contributed by atoms with van der Waals surface area (Å²) >= 11 is 0. The van der Waals surface area contributed by atoms with Crippen molar-refractivity contribution in [2.45, 2.75) is 26.4 Å². The van der Waals surface area contributed by atoms with Crippen molar-refractivity contribution in [1.82, 2.24) is 9.97 Å². The van der Waals surface area contributed by atoms with Gasteiger partial charge in [-0.05, 0) is 12.0 Å². The maximum Gasteiger partial charge on any atom is 0.161 e. The highest BCUT2D eigenvalue weighted by Crippen LogP contribution is 2.18. The number of hydrogen-bond acceptors (Lipinski definition) is 4. The molecule has 2 rings (SSSR count). The fourth-order valence-electron chi connectivity index (χ4n) is 1.95. The van der Waals surface area contributed by atoms with E-state index < -0.39 is 0 Å². The van der Waals surface area contributed by atoms with E-state index in [9.17, 15) is 0 Å². The number of aromatic nitrogens is 2. The predicted octanol–water partition coefficient (Wildman–Crippen LogP) is 2.82. The lowest BCUT2D eigenvalue weighted by Gasteiger charge is -2.06. The zero-order valence-electron chi connectivity index (χ0n) is 11.4. The Balaban J connectivity index is 2.29. The minimum absolute atomic E-state index is 0.523. The lowest BCUT2D eigenvalue weighted by Crippen LogP contribution is -2.00. The molecule has 0 spiro atoms. The van der Waals surface area contributed by atoms with Gasteiger partial charge in [-0.3, -0.25) is 0 Å². The fourth-order valence-corrected chi connectivity index (χ4v) is 1.95. The highest BCUT2D eigenvalue weighted by atomic mass is 16.5. The van der Waals surface area contributed by atoms with Gasteiger partial charge in [0.2, 0.25) is 0 Å². The average molecular weight is 257 g/mol. The van der Waals surface area contributed by atoms with Crippen LogP contribution < -0.4 is 5.73 Å². The summed E-state index contributed by atoms with van der Waals surface area (Å²) in [5.41, 5.74) is 8.93. The van der Waals surface area contributed by atoms with E-state index in [4.69, 9.17) is 10.5 Å². The molecule has 0 saturated heterocycles. The minimum atomic E-state index is 0.523. The van der Waals surface area contributed by atoms with Gasteiger partial charge in [-0.1, -0.05) is 37.6 Å². The zero-order chi connectivity index (χ0) is 13.7. The van der Waals surface area contributed by atoms with Crippen molar-refractivity contribution in [3.63, 3.8) is 0 Å². The molecule has 0 fully saturated rings. The number of anilines is 1. The van der Waals surface area contributed by atoms with Crippen LogP contribution in [0.15, 0.2) is 30.3 Å². The van der Waals surface area contributed by atoms with Crippen LogP contribution in [0.2, 0.25) is 0 Å². The number of aryl methyl sites for hydroxylation is 1. The third kappa shape index (κ3) is 3.51. The normalized spacial score (nSPS) is 10.6. The number of rotatable bonds is 5. The standard InChI is InChI=1S/C15H19N3O/c1-3-4-13-9-14(16)18-15(17-13)12-7-5-11(6-8-12)10-19-2/h5-9H,3-4,10H2,1-2H3,(H2,16,17,18). The second-order valence-corrected chi connectivity index (χ2v) is 4.49. The Morgan fingerprint density at radius 1 is 1.16 bits per heavy atom. The number of hydrogen-bond donors (Lipinski definition) is 1. The van der Waals surface area contributed by atoms with Gasteiger partial charge in [-0.2, -0.15) is 0 Å². The number of benzene rings is 1. The third-order valence-electron chi connectivity index (χ3n) is 2.83. The van der Waals surface area contributed by atoms with Crippen LogP contribution in [0.25, 0.3) is 11.4 Å². The van der Waals surface area contributed by atoms with Crippen molar-refractivity contribution >= 4 is 5.82 Å². The van der Waals surface area contributed by atoms with E-state index in [2.05, 4.69) is 16.9 Å². The molecule has 0 bridgehead atoms. The monoisotopic (exact) mass is 257 g/mol. The van der Waals surface area contributed by atoms with Gasteiger partial charge in [0.15, 0.2) is 5.82 Å². The van der Waals surface area contributed by atoms with Gasteiger partial charge in [-0.25, -0.2) is 9.97 Å². The van der Waals surface area contributed by atoms with Crippen molar-refractivity contribution in [3.05, 3.63) is 41.6 Å². The molecule has 0 aliphatic rings. The van der Waals surface area contributed by atoms with E-state index in [-0.39, 0.29) is 0 Å². The minimum Gasteiger partial charge on any atom is -0.384 e. The Bertz CT molecular complexity index is 538. The highest BCUT2D eigenvalue weighted by molar-refractivity contribution is 5.57. The Labute approximate surface area is 113 Å². The second-order valence-electron chi connectivity index (χ2n) is 4.49. The van der Waals surface area contributed by atoms with Crippen molar-refractivity contribution < 1.29 is 4.74 Å². The van der Waals surface area contributed by atoms with Crippen LogP contribution in [0.1, 0.15) is 24.6 Å². The number of ether oxygens (including phenoxy) is 1. The van der Waals surface area contributed by atoms with Gasteiger partial charge in [0.1, 0.15) is 5.82 Å². The molecule has 1 heterocycles. The molecule has 2 aromatic rings. The highest BCUT2D eigenvalue weighted by Gasteiger charge is 2.05. The summed E-state index contributed by atoms with van der Waals surface area (Å²) in [6.45, 7) is 2.73. The molecule has 0 saturated carbocycles. The third-order valence-corrected chi connectivity index (χ3v) is 2.83. The van der Waals surface area contributed by atoms with E-state index in [0.29, 0.717) is 18.2 Å². The number of nitrogens with zero attached hydrogens (tertiary/aromatic N) is 2. The first-order valence-electron chi connectivity index (χ1n) is 6.44. The van der Waals surface area contributed by atoms with Crippen molar-refractivity contribution in [1.29, 1.82) is 0 Å². The smallest absolute Gasteiger partial charge is 0.161 e. The van der Waals surface area contributed by atoms with Crippen LogP contribution in [-0.4, -0.2) is 17.1 Å². The molecule has 2 N–H and O–H groups in total. The van der Waals surface area contributed by atoms with Crippen LogP contribution in [-0.2, 0) is 17.8 Å². The van der Waals surface area contributed by atoms with E-state index in [1.807, 2.05) is 30.3 Å². The van der Waals surface area contributed by atoms with E-state index >= 15 is 0 Å². The quantitative estimate of drug-likeness (QED) is 0.894. The number of nitrogen functional groups attached to an aromatic ring is 1. The molecule has 1 aromatic carbocycles. The van der Waals surface area contributed by atoms with Gasteiger partial charge in [0.25, 0.3) is 0 Å². The number of methoxy groups -OCH3 is 1. The predicted molar refractivity (Wildman–Crippen MR) is 76.6 cm³/mol. The molecule has 0 amide bonds. The zero-order valence-corrected chi connectivity index (χ0v) is 11.4. The molecule has 0 aliphatic carbocycles. The molecule has 0 unspecified atom stereocenters. The molecular formula is C15H19N3O. The van der Waals surface area contributed by atoms with Crippen LogP contribution in [0.4, 0.5) is 5.82 Å². The molecule has 19 heavy (non-hydrogen) atoms. The van der Waals surface area contributed by atoms with Gasteiger partial charge in [0.05, 0.1) is 6.61 Å². The summed E-state index contributed by atoms with van der Waals surface area (Å²) in [7, 11) is 1.69. The molecular weight excluding hydrogens is 238 g/mol. The Morgan fingerprint density at radius 3 is 2.53 bits per heavy atom. The fraction of sp³-hybridized carbons (Fsp3) is 0.333. The molecule has 1 aromatic heterocycles. The van der Waals surface area contributed by atoms with Crippen LogP contribution in [0.5, 0.6) is 0 Å². The summed E-state index contributed by atoms with van der Waals surface area (Å²) < 4.78 is 5.09. The summed E-state index contributed by atoms with van der Waals surface area (Å²) in [5, 5.41) is 0. The Hall–Kier alpha value is -1.94. The molecule has 100 valence electrons. The van der Waals surface area contributed by atoms with Gasteiger partial charge in [0, 0.05) is 24.4 Å². The van der Waals surface area contributed by atoms with Crippen molar-refractivity contribution in [2.24, 2.45) is 0 Å². The first kappa shape index (κ1) is 13.5. The summed E-state index contributed by atoms with van der Waals surface area (Å²) in [4.78, 5) is 8.84. The van der Waals surface area contributed by atoms with Gasteiger partial charge < -0.3 is 10.5 Å². The maximum atomic E-state index is 5.83. The summed E-state index contributed by atoms with van der Waals surface area (Å²) in [6.07, 6.45) is 1.96. The van der Waals surface area contributed by atoms with Crippen molar-refractivity contribution in [3.8, 4) is 11.4 Å². The topological polar surface area (TPSA) is 61.0 Å². The maximum absolute atomic E-state index is 5.83. The first-order chi connectivity index (χ1) is 9.22. The van der Waals surface area contributed by atoms with Gasteiger partial charge in [-0.15, -0.1) is 0 Å². The van der Waals surface area contributed by atoms with E-state index in [1.54, 1.807) is 7.11 Å². The Kier molecular flexibility index (Phi) is 4.47. The van der Waals surface area contributed by atoms with Crippen LogP contribution >= 0.6 is 0 Å². The molecule has 4 heteroatoms. The lowest BCUT2D eigenvalue weighted by atomic mass is 10.1. The SMILES string of the molecule is CCCc1cc(N)nc(-c2ccc(COC)cc2)n1.